The van der Waals surface area contributed by atoms with E-state index in [4.69, 9.17) is 11.6 Å². The highest BCUT2D eigenvalue weighted by Crippen LogP contribution is 2.50. The van der Waals surface area contributed by atoms with Crippen LogP contribution < -0.4 is 0 Å². The standard InChI is InChI=1S/C17H23Cl/c18-10-16(17-8-12-2-4-14(17)6-12)9-15-7-11-1-3-13(15)5-11/h7-8,11-14,16H,1-6,9-10H2. The van der Waals surface area contributed by atoms with Crippen LogP contribution in [0.5, 0.6) is 0 Å². The molecule has 0 aromatic carbocycles. The van der Waals surface area contributed by atoms with E-state index in [9.17, 15) is 0 Å². The van der Waals surface area contributed by atoms with Crippen LogP contribution in [0.4, 0.5) is 0 Å². The molecule has 4 aliphatic carbocycles. The first-order valence-corrected chi connectivity index (χ1v) is 8.35. The quantitative estimate of drug-likeness (QED) is 0.497. The van der Waals surface area contributed by atoms with Crippen molar-refractivity contribution in [1.29, 1.82) is 0 Å². The first-order valence-electron chi connectivity index (χ1n) is 7.81. The average Bonchev–Trinajstić information content (AvgIpc) is 3.14. The number of rotatable bonds is 4. The first kappa shape index (κ1) is 11.6. The minimum Gasteiger partial charge on any atom is -0.126 e. The van der Waals surface area contributed by atoms with Gasteiger partial charge in [0.2, 0.25) is 0 Å². The lowest BCUT2D eigenvalue weighted by Gasteiger charge is -2.25. The van der Waals surface area contributed by atoms with E-state index in [0.29, 0.717) is 5.92 Å². The van der Waals surface area contributed by atoms with Crippen molar-refractivity contribution in [3.05, 3.63) is 23.3 Å². The van der Waals surface area contributed by atoms with Gasteiger partial charge in [0.05, 0.1) is 0 Å². The summed E-state index contributed by atoms with van der Waals surface area (Å²) in [4.78, 5) is 0. The van der Waals surface area contributed by atoms with Crippen LogP contribution in [0.2, 0.25) is 0 Å². The zero-order chi connectivity index (χ0) is 12.1. The molecule has 2 saturated carbocycles. The lowest BCUT2D eigenvalue weighted by molar-refractivity contribution is 0.515. The van der Waals surface area contributed by atoms with Crippen molar-refractivity contribution >= 4 is 11.6 Å². The van der Waals surface area contributed by atoms with E-state index in [1.807, 2.05) is 0 Å². The van der Waals surface area contributed by atoms with Crippen LogP contribution in [0.3, 0.4) is 0 Å². The minimum atomic E-state index is 0.660. The molecule has 0 radical (unpaired) electrons. The van der Waals surface area contributed by atoms with E-state index in [2.05, 4.69) is 12.2 Å². The summed E-state index contributed by atoms with van der Waals surface area (Å²) in [6, 6.07) is 0. The molecule has 4 aliphatic rings. The number of allylic oxidation sites excluding steroid dienone is 4. The highest BCUT2D eigenvalue weighted by atomic mass is 35.5. The first-order chi connectivity index (χ1) is 8.83. The monoisotopic (exact) mass is 262 g/mol. The Hall–Kier alpha value is -0.230. The molecule has 0 aromatic rings. The lowest BCUT2D eigenvalue weighted by Crippen LogP contribution is -2.14. The molecule has 0 spiro atoms. The molecule has 0 saturated heterocycles. The summed E-state index contributed by atoms with van der Waals surface area (Å²) in [5.74, 6) is 5.16. The van der Waals surface area contributed by atoms with E-state index in [-0.39, 0.29) is 0 Å². The Morgan fingerprint density at radius 3 is 2.22 bits per heavy atom. The van der Waals surface area contributed by atoms with Crippen LogP contribution in [-0.2, 0) is 0 Å². The van der Waals surface area contributed by atoms with E-state index >= 15 is 0 Å². The highest BCUT2D eigenvalue weighted by molar-refractivity contribution is 6.18. The molecule has 0 heterocycles. The van der Waals surface area contributed by atoms with Gasteiger partial charge in [-0.05, 0) is 74.5 Å². The van der Waals surface area contributed by atoms with Gasteiger partial charge in [0, 0.05) is 5.88 Å². The number of halogens is 1. The Balaban J connectivity index is 1.49. The van der Waals surface area contributed by atoms with Gasteiger partial charge < -0.3 is 0 Å². The molecule has 0 aromatic heterocycles. The molecule has 0 N–H and O–H groups in total. The minimum absolute atomic E-state index is 0.660. The largest absolute Gasteiger partial charge is 0.126 e. The predicted molar refractivity (Wildman–Crippen MR) is 76.7 cm³/mol. The molecule has 0 amide bonds. The Morgan fingerprint density at radius 2 is 1.72 bits per heavy atom. The fourth-order valence-electron chi connectivity index (χ4n) is 5.07. The van der Waals surface area contributed by atoms with Crippen LogP contribution in [0, 0.1) is 29.6 Å². The van der Waals surface area contributed by atoms with Gasteiger partial charge >= 0.3 is 0 Å². The fourth-order valence-corrected chi connectivity index (χ4v) is 5.36. The predicted octanol–water partition coefficient (Wildman–Crippen LogP) is 4.94. The van der Waals surface area contributed by atoms with Crippen molar-refractivity contribution in [2.24, 2.45) is 29.6 Å². The summed E-state index contributed by atoms with van der Waals surface area (Å²) in [6.45, 7) is 0. The van der Waals surface area contributed by atoms with Crippen LogP contribution in [0.15, 0.2) is 23.3 Å². The topological polar surface area (TPSA) is 0 Å². The Kier molecular flexibility index (Phi) is 2.83. The molecule has 2 fully saturated rings. The third kappa shape index (κ3) is 1.80. The van der Waals surface area contributed by atoms with Crippen LogP contribution in [-0.4, -0.2) is 5.88 Å². The van der Waals surface area contributed by atoms with Gasteiger partial charge in [0.1, 0.15) is 0 Å². The molecule has 0 nitrogen and oxygen atoms in total. The molecule has 4 bridgehead atoms. The average molecular weight is 263 g/mol. The zero-order valence-corrected chi connectivity index (χ0v) is 11.8. The summed E-state index contributed by atoms with van der Waals surface area (Å²) in [5.41, 5.74) is 3.51. The van der Waals surface area contributed by atoms with E-state index in [1.54, 1.807) is 11.1 Å². The highest BCUT2D eigenvalue weighted by Gasteiger charge is 2.38. The number of alkyl halides is 1. The number of fused-ring (bicyclic) bond motifs is 4. The van der Waals surface area contributed by atoms with Gasteiger partial charge in [0.25, 0.3) is 0 Å². The fraction of sp³-hybridized carbons (Fsp3) is 0.765. The van der Waals surface area contributed by atoms with Crippen LogP contribution in [0.1, 0.15) is 44.9 Å². The van der Waals surface area contributed by atoms with E-state index < -0.39 is 0 Å². The Morgan fingerprint density at radius 1 is 1.00 bits per heavy atom. The smallest absolute Gasteiger partial charge is 0.0292 e. The second-order valence-corrected chi connectivity index (χ2v) is 7.31. The lowest BCUT2D eigenvalue weighted by atomic mass is 9.82. The third-order valence-corrected chi connectivity index (χ3v) is 6.33. The van der Waals surface area contributed by atoms with Crippen molar-refractivity contribution < 1.29 is 0 Å². The molecule has 4 rings (SSSR count). The molecule has 5 unspecified atom stereocenters. The van der Waals surface area contributed by atoms with Crippen molar-refractivity contribution in [3.63, 3.8) is 0 Å². The molecule has 98 valence electrons. The maximum absolute atomic E-state index is 6.30. The van der Waals surface area contributed by atoms with Gasteiger partial charge in [-0.3, -0.25) is 0 Å². The van der Waals surface area contributed by atoms with Crippen molar-refractivity contribution in [2.45, 2.75) is 44.9 Å². The summed E-state index contributed by atoms with van der Waals surface area (Å²) >= 11 is 6.30. The van der Waals surface area contributed by atoms with Gasteiger partial charge in [-0.15, -0.1) is 11.6 Å². The summed E-state index contributed by atoms with van der Waals surface area (Å²) in [5, 5.41) is 0. The Bertz CT molecular complexity index is 406. The summed E-state index contributed by atoms with van der Waals surface area (Å²) in [6.07, 6.45) is 15.1. The number of hydrogen-bond acceptors (Lipinski definition) is 0. The Labute approximate surface area is 115 Å². The maximum atomic E-state index is 6.30. The molecule has 18 heavy (non-hydrogen) atoms. The molecular formula is C17H23Cl. The van der Waals surface area contributed by atoms with Crippen LogP contribution in [0.25, 0.3) is 0 Å². The maximum Gasteiger partial charge on any atom is 0.0292 e. The van der Waals surface area contributed by atoms with Gasteiger partial charge in [0.15, 0.2) is 0 Å². The second kappa shape index (κ2) is 4.40. The molecular weight excluding hydrogens is 240 g/mol. The molecule has 5 atom stereocenters. The van der Waals surface area contributed by atoms with E-state index in [1.165, 1.54) is 44.9 Å². The normalized spacial score (nSPS) is 42.3. The van der Waals surface area contributed by atoms with Crippen molar-refractivity contribution in [3.8, 4) is 0 Å². The zero-order valence-electron chi connectivity index (χ0n) is 11.1. The van der Waals surface area contributed by atoms with Crippen molar-refractivity contribution in [2.75, 3.05) is 5.88 Å². The van der Waals surface area contributed by atoms with Crippen LogP contribution >= 0.6 is 11.6 Å². The molecule has 1 heteroatoms. The van der Waals surface area contributed by atoms with Crippen molar-refractivity contribution in [1.82, 2.24) is 0 Å². The van der Waals surface area contributed by atoms with Gasteiger partial charge in [-0.1, -0.05) is 23.3 Å². The summed E-state index contributed by atoms with van der Waals surface area (Å²) < 4.78 is 0. The summed E-state index contributed by atoms with van der Waals surface area (Å²) in [7, 11) is 0. The van der Waals surface area contributed by atoms with Gasteiger partial charge in [-0.25, -0.2) is 0 Å². The number of hydrogen-bond donors (Lipinski definition) is 0. The van der Waals surface area contributed by atoms with Gasteiger partial charge in [-0.2, -0.15) is 0 Å². The van der Waals surface area contributed by atoms with E-state index in [0.717, 1.165) is 29.6 Å². The molecule has 0 aliphatic heterocycles. The SMILES string of the molecule is ClCC(CC1=CC2CCC1C2)C1=CC2CCC1C2. The second-order valence-electron chi connectivity index (χ2n) is 7.00. The third-order valence-electron chi connectivity index (χ3n) is 5.96.